The van der Waals surface area contributed by atoms with E-state index in [0.717, 1.165) is 5.56 Å². The van der Waals surface area contributed by atoms with Crippen molar-refractivity contribution >= 4 is 45.7 Å². The fourth-order valence-electron chi connectivity index (χ4n) is 2.39. The molecular weight excluding hydrogens is 349 g/mol. The van der Waals surface area contributed by atoms with E-state index in [2.05, 4.69) is 10.3 Å². The van der Waals surface area contributed by atoms with E-state index in [9.17, 15) is 9.59 Å². The third-order valence-corrected chi connectivity index (χ3v) is 4.22. The zero-order chi connectivity index (χ0) is 17.3. The van der Waals surface area contributed by atoms with Gasteiger partial charge in [0.25, 0.3) is 5.56 Å². The van der Waals surface area contributed by atoms with Crippen molar-refractivity contribution in [2.45, 2.75) is 13.5 Å². The molecule has 1 N–H and O–H groups in total. The van der Waals surface area contributed by atoms with Crippen molar-refractivity contribution in [1.82, 2.24) is 9.55 Å². The lowest BCUT2D eigenvalue weighted by atomic mass is 10.2. The Hall–Kier alpha value is -2.37. The van der Waals surface area contributed by atoms with E-state index in [4.69, 9.17) is 23.2 Å². The van der Waals surface area contributed by atoms with Gasteiger partial charge in [0.1, 0.15) is 0 Å². The maximum absolute atomic E-state index is 12.7. The van der Waals surface area contributed by atoms with Crippen LogP contribution in [0.4, 0.5) is 5.69 Å². The molecule has 0 aliphatic rings. The predicted molar refractivity (Wildman–Crippen MR) is 95.9 cm³/mol. The van der Waals surface area contributed by atoms with Crippen LogP contribution in [0.15, 0.2) is 47.5 Å². The number of benzene rings is 2. The molecule has 3 rings (SSSR count). The number of aromatic nitrogens is 2. The zero-order valence-electron chi connectivity index (χ0n) is 12.7. The van der Waals surface area contributed by atoms with Crippen molar-refractivity contribution in [3.8, 4) is 0 Å². The van der Waals surface area contributed by atoms with Crippen LogP contribution in [0.2, 0.25) is 10.0 Å². The second-order valence-corrected chi connectivity index (χ2v) is 6.15. The second kappa shape index (κ2) is 6.63. The van der Waals surface area contributed by atoms with Crippen LogP contribution in [0.25, 0.3) is 10.9 Å². The average Bonchev–Trinajstić information content (AvgIpc) is 2.53. The van der Waals surface area contributed by atoms with Crippen molar-refractivity contribution in [3.05, 3.63) is 68.7 Å². The second-order valence-electron chi connectivity index (χ2n) is 5.34. The molecule has 0 saturated heterocycles. The first-order chi connectivity index (χ1) is 11.4. The van der Waals surface area contributed by atoms with Crippen LogP contribution >= 0.6 is 23.2 Å². The molecule has 0 aliphatic heterocycles. The maximum atomic E-state index is 12.7. The van der Waals surface area contributed by atoms with E-state index in [1.165, 1.54) is 17.8 Å². The number of carbonyl (C=O) groups is 1. The van der Waals surface area contributed by atoms with E-state index in [1.807, 2.05) is 0 Å². The molecular formula is C17H13Cl2N3O2. The summed E-state index contributed by atoms with van der Waals surface area (Å²) in [5, 5.41) is 3.99. The number of amides is 1. The molecule has 0 fully saturated rings. The number of nitrogens with one attached hydrogen (secondary N) is 1. The van der Waals surface area contributed by atoms with Gasteiger partial charge in [-0.05, 0) is 35.9 Å². The summed E-state index contributed by atoms with van der Waals surface area (Å²) in [5.74, 6) is -0.200. The quantitative estimate of drug-likeness (QED) is 0.773. The summed E-state index contributed by atoms with van der Waals surface area (Å²) < 4.78 is 1.49. The fourth-order valence-corrected chi connectivity index (χ4v) is 2.71. The summed E-state index contributed by atoms with van der Waals surface area (Å²) in [5.41, 5.74) is 1.77. The van der Waals surface area contributed by atoms with E-state index >= 15 is 0 Å². The van der Waals surface area contributed by atoms with Crippen LogP contribution in [0.3, 0.4) is 0 Å². The van der Waals surface area contributed by atoms with Gasteiger partial charge in [0.15, 0.2) is 0 Å². The summed E-state index contributed by atoms with van der Waals surface area (Å²) in [6, 6.07) is 10.2. The number of nitrogens with zero attached hydrogens (tertiary/aromatic N) is 2. The first-order valence-electron chi connectivity index (χ1n) is 7.15. The molecule has 1 amide bonds. The molecule has 0 aliphatic carbocycles. The number of hydrogen-bond acceptors (Lipinski definition) is 3. The first-order valence-corrected chi connectivity index (χ1v) is 7.90. The highest BCUT2D eigenvalue weighted by Gasteiger charge is 2.07. The van der Waals surface area contributed by atoms with Gasteiger partial charge in [0.05, 0.1) is 33.8 Å². The normalized spacial score (nSPS) is 10.8. The standard InChI is InChI=1S/C17H13Cl2N3O2/c1-10(23)21-12-3-5-16-13(7-12)17(24)22(9-20-16)8-11-2-4-14(18)15(19)6-11/h2-7,9H,8H2,1H3,(H,21,23). The van der Waals surface area contributed by atoms with Crippen molar-refractivity contribution in [2.24, 2.45) is 0 Å². The molecule has 0 radical (unpaired) electrons. The number of halogens is 2. The molecule has 1 aromatic heterocycles. The Labute approximate surface area is 147 Å². The average molecular weight is 362 g/mol. The van der Waals surface area contributed by atoms with E-state index in [1.54, 1.807) is 36.4 Å². The molecule has 122 valence electrons. The predicted octanol–water partition coefficient (Wildman–Crippen LogP) is 3.71. The maximum Gasteiger partial charge on any atom is 0.261 e. The molecule has 5 nitrogen and oxygen atoms in total. The highest BCUT2D eigenvalue weighted by molar-refractivity contribution is 6.42. The van der Waals surface area contributed by atoms with Gasteiger partial charge in [-0.1, -0.05) is 29.3 Å². The Morgan fingerprint density at radius 1 is 1.17 bits per heavy atom. The summed E-state index contributed by atoms with van der Waals surface area (Å²) >= 11 is 11.9. The molecule has 0 atom stereocenters. The monoisotopic (exact) mass is 361 g/mol. The Balaban J connectivity index is 2.02. The third kappa shape index (κ3) is 3.42. The summed E-state index contributed by atoms with van der Waals surface area (Å²) in [6.07, 6.45) is 1.49. The molecule has 0 spiro atoms. The highest BCUT2D eigenvalue weighted by atomic mass is 35.5. The van der Waals surface area contributed by atoms with Gasteiger partial charge in [-0.15, -0.1) is 0 Å². The lowest BCUT2D eigenvalue weighted by Gasteiger charge is -2.09. The topological polar surface area (TPSA) is 64.0 Å². The van der Waals surface area contributed by atoms with Crippen LogP contribution in [0, 0.1) is 0 Å². The molecule has 1 heterocycles. The van der Waals surface area contributed by atoms with E-state index in [-0.39, 0.29) is 11.5 Å². The van der Waals surface area contributed by atoms with Crippen LogP contribution in [0.1, 0.15) is 12.5 Å². The molecule has 0 bridgehead atoms. The SMILES string of the molecule is CC(=O)Nc1ccc2ncn(Cc3ccc(Cl)c(Cl)c3)c(=O)c2c1. The number of rotatable bonds is 3. The van der Waals surface area contributed by atoms with Crippen molar-refractivity contribution in [3.63, 3.8) is 0 Å². The molecule has 0 unspecified atom stereocenters. The minimum atomic E-state index is -0.200. The largest absolute Gasteiger partial charge is 0.326 e. The van der Waals surface area contributed by atoms with Crippen LogP contribution in [-0.2, 0) is 11.3 Å². The summed E-state index contributed by atoms with van der Waals surface area (Å²) in [7, 11) is 0. The van der Waals surface area contributed by atoms with Gasteiger partial charge in [-0.25, -0.2) is 4.98 Å². The van der Waals surface area contributed by atoms with Crippen molar-refractivity contribution < 1.29 is 4.79 Å². The van der Waals surface area contributed by atoms with Crippen molar-refractivity contribution in [1.29, 1.82) is 0 Å². The zero-order valence-corrected chi connectivity index (χ0v) is 14.2. The number of anilines is 1. The molecule has 7 heteroatoms. The smallest absolute Gasteiger partial charge is 0.261 e. The Morgan fingerprint density at radius 3 is 2.67 bits per heavy atom. The summed E-state index contributed by atoms with van der Waals surface area (Å²) in [4.78, 5) is 28.1. The molecule has 2 aromatic carbocycles. The third-order valence-electron chi connectivity index (χ3n) is 3.48. The first kappa shape index (κ1) is 16.5. The van der Waals surface area contributed by atoms with Crippen molar-refractivity contribution in [2.75, 3.05) is 5.32 Å². The van der Waals surface area contributed by atoms with Crippen LogP contribution in [0.5, 0.6) is 0 Å². The Bertz CT molecular complexity index is 999. The molecule has 24 heavy (non-hydrogen) atoms. The van der Waals surface area contributed by atoms with Gasteiger partial charge < -0.3 is 5.32 Å². The summed E-state index contributed by atoms with van der Waals surface area (Å²) in [6.45, 7) is 1.74. The molecule has 0 saturated carbocycles. The number of hydrogen-bond donors (Lipinski definition) is 1. The minimum Gasteiger partial charge on any atom is -0.326 e. The van der Waals surface area contributed by atoms with Gasteiger partial charge in [-0.2, -0.15) is 0 Å². The van der Waals surface area contributed by atoms with Gasteiger partial charge in [-0.3, -0.25) is 14.2 Å². The Kier molecular flexibility index (Phi) is 4.55. The van der Waals surface area contributed by atoms with Gasteiger partial charge in [0.2, 0.25) is 5.91 Å². The molecule has 3 aromatic rings. The van der Waals surface area contributed by atoms with Gasteiger partial charge >= 0.3 is 0 Å². The Morgan fingerprint density at radius 2 is 1.96 bits per heavy atom. The van der Waals surface area contributed by atoms with Gasteiger partial charge in [0, 0.05) is 12.6 Å². The highest BCUT2D eigenvalue weighted by Crippen LogP contribution is 2.23. The van der Waals surface area contributed by atoms with E-state index in [0.29, 0.717) is 33.2 Å². The fraction of sp³-hybridized carbons (Fsp3) is 0.118. The minimum absolute atomic E-state index is 0.196. The number of fused-ring (bicyclic) bond motifs is 1. The lowest BCUT2D eigenvalue weighted by molar-refractivity contribution is -0.114. The number of carbonyl (C=O) groups excluding carboxylic acids is 1. The van der Waals surface area contributed by atoms with Crippen LogP contribution < -0.4 is 10.9 Å². The van der Waals surface area contributed by atoms with Crippen LogP contribution in [-0.4, -0.2) is 15.5 Å². The lowest BCUT2D eigenvalue weighted by Crippen LogP contribution is -2.21. The van der Waals surface area contributed by atoms with E-state index < -0.39 is 0 Å².